The van der Waals surface area contributed by atoms with Gasteiger partial charge in [-0.2, -0.15) is 0 Å². The highest BCUT2D eigenvalue weighted by molar-refractivity contribution is 8.78. The van der Waals surface area contributed by atoms with E-state index in [0.29, 0.717) is 15.7 Å². The molecule has 0 saturated heterocycles. The normalized spacial score (nSPS) is 28.1. The summed E-state index contributed by atoms with van der Waals surface area (Å²) in [5, 5.41) is 10.8. The number of nitrogens with zero attached hydrogens (tertiary/aromatic N) is 1. The van der Waals surface area contributed by atoms with Gasteiger partial charge in [-0.25, -0.2) is 0 Å². The number of aliphatic hydroxyl groups is 1. The van der Waals surface area contributed by atoms with Crippen LogP contribution in [0.4, 0.5) is 0 Å². The quantitative estimate of drug-likeness (QED) is 0.297. The second-order valence-corrected chi connectivity index (χ2v) is 11.7. The van der Waals surface area contributed by atoms with Crippen LogP contribution in [0.2, 0.25) is 0 Å². The van der Waals surface area contributed by atoms with Crippen molar-refractivity contribution in [2.75, 3.05) is 27.7 Å². The average Bonchev–Trinajstić information content (AvgIpc) is 2.22. The standard InChI is InChI=1S/C12H26NO4PS2/c1-10-6-5-7-11(8-10)19-20-12(14,18(15,16)17)9-13(2,3)4/h10-11,14H,5-9H2,1-4H3,(H-,15,16,17)/p+1. The third-order valence-electron chi connectivity index (χ3n) is 3.34. The monoisotopic (exact) mass is 344 g/mol. The SMILES string of the molecule is CC1CCCC(SSC(O)(C[N+](C)(C)C)P(=O)(O)O)C1. The second-order valence-electron chi connectivity index (χ2n) is 6.81. The molecule has 8 heteroatoms. The fourth-order valence-electron chi connectivity index (χ4n) is 2.40. The van der Waals surface area contributed by atoms with Gasteiger partial charge in [-0.3, -0.25) is 4.57 Å². The largest absolute Gasteiger partial charge is 0.374 e. The molecule has 3 N–H and O–H groups in total. The molecule has 0 bridgehead atoms. The van der Waals surface area contributed by atoms with Crippen LogP contribution in [0.15, 0.2) is 0 Å². The van der Waals surface area contributed by atoms with Crippen molar-refractivity contribution in [2.45, 2.75) is 42.5 Å². The first-order valence-electron chi connectivity index (χ1n) is 6.86. The third kappa shape index (κ3) is 5.87. The summed E-state index contributed by atoms with van der Waals surface area (Å²) in [7, 11) is 3.26. The fraction of sp³-hybridized carbons (Fsp3) is 1.00. The van der Waals surface area contributed by atoms with Crippen molar-refractivity contribution in [1.82, 2.24) is 0 Å². The molecule has 0 amide bonds. The van der Waals surface area contributed by atoms with Crippen molar-refractivity contribution in [3.05, 3.63) is 0 Å². The Morgan fingerprint density at radius 2 is 1.90 bits per heavy atom. The molecule has 1 rings (SSSR count). The molecule has 0 aromatic heterocycles. The predicted molar refractivity (Wildman–Crippen MR) is 86.5 cm³/mol. The molecule has 3 atom stereocenters. The molecule has 1 saturated carbocycles. The minimum absolute atomic E-state index is 0.0111. The molecule has 0 heterocycles. The zero-order valence-corrected chi connectivity index (χ0v) is 15.2. The Balaban J connectivity index is 2.68. The van der Waals surface area contributed by atoms with Crippen molar-refractivity contribution in [1.29, 1.82) is 0 Å². The lowest BCUT2D eigenvalue weighted by Crippen LogP contribution is -2.47. The molecule has 0 aromatic carbocycles. The van der Waals surface area contributed by atoms with E-state index in [1.54, 1.807) is 0 Å². The molecule has 0 radical (unpaired) electrons. The van der Waals surface area contributed by atoms with E-state index in [4.69, 9.17) is 0 Å². The van der Waals surface area contributed by atoms with Crippen molar-refractivity contribution in [2.24, 2.45) is 5.92 Å². The predicted octanol–water partition coefficient (Wildman–Crippen LogP) is 2.48. The molecule has 1 aliphatic rings. The smallest absolute Gasteiger partial charge is 0.364 e. The van der Waals surface area contributed by atoms with Crippen LogP contribution in [0.25, 0.3) is 0 Å². The lowest BCUT2D eigenvalue weighted by atomic mass is 9.91. The summed E-state index contributed by atoms with van der Waals surface area (Å²) in [6.07, 6.45) is 4.50. The lowest BCUT2D eigenvalue weighted by molar-refractivity contribution is -0.873. The first-order chi connectivity index (χ1) is 8.93. The van der Waals surface area contributed by atoms with Crippen LogP contribution in [0.1, 0.15) is 32.6 Å². The highest BCUT2D eigenvalue weighted by Gasteiger charge is 2.51. The molecular formula is C12H27NO4PS2+. The number of hydrogen-bond acceptors (Lipinski definition) is 4. The summed E-state index contributed by atoms with van der Waals surface area (Å²) in [6, 6.07) is 0. The first-order valence-corrected chi connectivity index (χ1v) is 10.7. The summed E-state index contributed by atoms with van der Waals surface area (Å²) in [5.41, 5.74) is 0. The Morgan fingerprint density at radius 1 is 1.30 bits per heavy atom. The summed E-state index contributed by atoms with van der Waals surface area (Å²) < 4.78 is 9.95. The van der Waals surface area contributed by atoms with Gasteiger partial charge in [0.05, 0.1) is 21.1 Å². The van der Waals surface area contributed by atoms with E-state index in [9.17, 15) is 19.5 Å². The molecule has 1 fully saturated rings. The zero-order chi connectivity index (χ0) is 15.6. The van der Waals surface area contributed by atoms with E-state index in [1.165, 1.54) is 17.2 Å². The van der Waals surface area contributed by atoms with Gasteiger partial charge in [0, 0.05) is 5.25 Å². The van der Waals surface area contributed by atoms with Crippen molar-refractivity contribution in [3.63, 3.8) is 0 Å². The van der Waals surface area contributed by atoms with E-state index in [1.807, 2.05) is 21.1 Å². The van der Waals surface area contributed by atoms with Crippen LogP contribution in [-0.4, -0.2) is 57.0 Å². The molecule has 1 aliphatic carbocycles. The number of quaternary nitrogens is 1. The molecule has 120 valence electrons. The average molecular weight is 344 g/mol. The Kier molecular flexibility index (Phi) is 6.49. The molecule has 5 nitrogen and oxygen atoms in total. The van der Waals surface area contributed by atoms with Gasteiger partial charge >= 0.3 is 7.60 Å². The Labute approximate surface area is 129 Å². The third-order valence-corrected chi connectivity index (χ3v) is 8.88. The van der Waals surface area contributed by atoms with Crippen molar-refractivity contribution >= 4 is 29.2 Å². The van der Waals surface area contributed by atoms with Gasteiger partial charge in [0.2, 0.25) is 0 Å². The summed E-state index contributed by atoms with van der Waals surface area (Å²) in [5.74, 6) is 0.656. The van der Waals surface area contributed by atoms with Crippen LogP contribution in [0.5, 0.6) is 0 Å². The van der Waals surface area contributed by atoms with E-state index >= 15 is 0 Å². The minimum Gasteiger partial charge on any atom is -0.364 e. The second kappa shape index (κ2) is 6.90. The summed E-state index contributed by atoms with van der Waals surface area (Å²) in [6.45, 7) is 2.22. The van der Waals surface area contributed by atoms with Gasteiger partial charge in [0.25, 0.3) is 4.67 Å². The van der Waals surface area contributed by atoms with Gasteiger partial charge in [0.1, 0.15) is 6.54 Å². The van der Waals surface area contributed by atoms with Crippen LogP contribution in [-0.2, 0) is 4.57 Å². The van der Waals surface area contributed by atoms with Gasteiger partial charge in [-0.1, -0.05) is 30.6 Å². The van der Waals surface area contributed by atoms with E-state index in [0.717, 1.165) is 30.1 Å². The number of hydrogen-bond donors (Lipinski definition) is 3. The summed E-state index contributed by atoms with van der Waals surface area (Å²) in [4.78, 5) is 19.0. The maximum Gasteiger partial charge on any atom is 0.374 e. The Hall–Kier alpha value is 0.770. The number of likely N-dealkylation sites (N-methyl/N-ethyl adjacent to an activating group) is 1. The van der Waals surface area contributed by atoms with Gasteiger partial charge in [-0.05, 0) is 29.6 Å². The molecule has 0 aliphatic heterocycles. The Bertz CT molecular complexity index is 371. The highest BCUT2D eigenvalue weighted by Crippen LogP contribution is 2.60. The Morgan fingerprint density at radius 3 is 2.35 bits per heavy atom. The van der Waals surface area contributed by atoms with E-state index in [-0.39, 0.29) is 6.54 Å². The topological polar surface area (TPSA) is 77.8 Å². The fourth-order valence-corrected chi connectivity index (χ4v) is 7.61. The van der Waals surface area contributed by atoms with Gasteiger partial charge in [-0.15, -0.1) is 0 Å². The lowest BCUT2D eigenvalue weighted by Gasteiger charge is -2.36. The van der Waals surface area contributed by atoms with Crippen LogP contribution >= 0.6 is 29.2 Å². The highest BCUT2D eigenvalue weighted by atomic mass is 33.1. The van der Waals surface area contributed by atoms with Crippen LogP contribution < -0.4 is 0 Å². The molecule has 0 spiro atoms. The van der Waals surface area contributed by atoms with Gasteiger partial charge in [0.15, 0.2) is 0 Å². The molecular weight excluding hydrogens is 317 g/mol. The number of rotatable bonds is 6. The zero-order valence-electron chi connectivity index (χ0n) is 12.7. The minimum atomic E-state index is -4.59. The summed E-state index contributed by atoms with van der Waals surface area (Å²) >= 11 is 0. The molecule has 3 unspecified atom stereocenters. The maximum absolute atomic E-state index is 11.7. The van der Waals surface area contributed by atoms with E-state index < -0.39 is 12.3 Å². The maximum atomic E-state index is 11.7. The van der Waals surface area contributed by atoms with Crippen molar-refractivity contribution in [3.8, 4) is 0 Å². The van der Waals surface area contributed by atoms with Gasteiger partial charge < -0.3 is 19.4 Å². The first kappa shape index (κ1) is 18.8. The van der Waals surface area contributed by atoms with Crippen LogP contribution in [0, 0.1) is 5.92 Å². The molecule has 0 aromatic rings. The molecule has 20 heavy (non-hydrogen) atoms. The van der Waals surface area contributed by atoms with E-state index in [2.05, 4.69) is 6.92 Å². The van der Waals surface area contributed by atoms with Crippen LogP contribution in [0.3, 0.4) is 0 Å². The van der Waals surface area contributed by atoms with Crippen molar-refractivity contribution < 1.29 is 23.9 Å².